The van der Waals surface area contributed by atoms with Gasteiger partial charge < -0.3 is 29.0 Å². The van der Waals surface area contributed by atoms with Crippen LogP contribution in [0.2, 0.25) is 0 Å². The second-order valence-electron chi connectivity index (χ2n) is 15.8. The molecule has 7 rings (SSSR count). The van der Waals surface area contributed by atoms with Crippen LogP contribution in [0.1, 0.15) is 64.8 Å². The van der Waals surface area contributed by atoms with Crippen molar-refractivity contribution in [3.63, 3.8) is 0 Å². The van der Waals surface area contributed by atoms with Gasteiger partial charge in [-0.2, -0.15) is 0 Å². The molecule has 18 heteroatoms. The fourth-order valence-electron chi connectivity index (χ4n) is 8.26. The minimum atomic E-state index is -3.30. The summed E-state index contributed by atoms with van der Waals surface area (Å²) in [4.78, 5) is 81.6. The summed E-state index contributed by atoms with van der Waals surface area (Å²) < 4.78 is 50.6. The van der Waals surface area contributed by atoms with Gasteiger partial charge in [-0.25, -0.2) is 8.78 Å². The predicted molar refractivity (Wildman–Crippen MR) is 224 cm³/mol. The molecule has 2 atom stereocenters. The van der Waals surface area contributed by atoms with E-state index in [0.717, 1.165) is 27.4 Å². The lowest BCUT2D eigenvalue weighted by molar-refractivity contribution is -0.146. The number of benzene rings is 2. The number of nitrogens with zero attached hydrogens (tertiary/aromatic N) is 4. The van der Waals surface area contributed by atoms with Crippen LogP contribution in [0.5, 0.6) is 17.2 Å². The first kappa shape index (κ1) is 43.4. The third-order valence-corrected chi connectivity index (χ3v) is 12.4. The number of hydrogen-bond acceptors (Lipinski definition) is 12. The summed E-state index contributed by atoms with van der Waals surface area (Å²) >= 11 is 1.15. The number of halogens is 2. The fraction of sp³-hybridized carbons (Fsp3) is 0.442. The molecular weight excluding hydrogens is 815 g/mol. The van der Waals surface area contributed by atoms with Crippen molar-refractivity contribution in [2.75, 3.05) is 59.9 Å². The summed E-state index contributed by atoms with van der Waals surface area (Å²) in [6, 6.07) is 8.83. The van der Waals surface area contributed by atoms with Crippen LogP contribution in [0.4, 0.5) is 13.8 Å². The smallest absolute Gasteiger partial charge is 0.272 e. The minimum Gasteiger partial charge on any atom is -0.496 e. The number of methoxy groups -OCH3 is 2. The maximum atomic E-state index is 15.6. The largest absolute Gasteiger partial charge is 0.496 e. The lowest BCUT2D eigenvalue weighted by atomic mass is 9.91. The van der Waals surface area contributed by atoms with Crippen molar-refractivity contribution in [2.45, 2.75) is 57.0 Å². The number of unbranched alkanes of at least 4 members (excludes halogenated alkanes) is 2. The van der Waals surface area contributed by atoms with Crippen molar-refractivity contribution in [1.29, 1.82) is 0 Å². The molecule has 2 N–H and O–H groups in total. The van der Waals surface area contributed by atoms with E-state index in [1.807, 2.05) is 31.1 Å². The molecule has 4 aromatic rings. The van der Waals surface area contributed by atoms with Crippen molar-refractivity contribution in [3.05, 3.63) is 69.6 Å². The molecule has 0 saturated carbocycles. The summed E-state index contributed by atoms with van der Waals surface area (Å²) in [6.07, 6.45) is 3.45. The molecular formula is C43H48F2N6O9S. The van der Waals surface area contributed by atoms with Crippen molar-refractivity contribution in [3.8, 4) is 28.4 Å². The maximum Gasteiger partial charge on any atom is 0.272 e. The molecule has 2 fully saturated rings. The average molecular weight is 863 g/mol. The number of likely N-dealkylation sites (tertiary alicyclic amines) is 1. The van der Waals surface area contributed by atoms with Gasteiger partial charge in [0.2, 0.25) is 17.7 Å². The molecule has 3 aliphatic heterocycles. The number of nitrogens with one attached hydrogen (secondary N) is 2. The Balaban J connectivity index is 0.930. The first-order chi connectivity index (χ1) is 29.1. The van der Waals surface area contributed by atoms with E-state index < -0.39 is 54.0 Å². The van der Waals surface area contributed by atoms with E-state index in [1.165, 1.54) is 16.7 Å². The maximum absolute atomic E-state index is 15.6. The average Bonchev–Trinajstić information content (AvgIpc) is 3.75. The van der Waals surface area contributed by atoms with Gasteiger partial charge in [-0.15, -0.1) is 11.3 Å². The molecule has 2 aromatic heterocycles. The molecule has 0 radical (unpaired) electrons. The number of alkyl halides is 2. The van der Waals surface area contributed by atoms with Gasteiger partial charge in [0.05, 0.1) is 59.1 Å². The summed E-state index contributed by atoms with van der Waals surface area (Å²) in [6.45, 7) is 0.861. The number of carbonyl (C=O) groups excluding carboxylic acids is 5. The predicted octanol–water partition coefficient (Wildman–Crippen LogP) is 4.89. The van der Waals surface area contributed by atoms with Crippen molar-refractivity contribution >= 4 is 56.0 Å². The van der Waals surface area contributed by atoms with Crippen LogP contribution >= 0.6 is 11.3 Å². The summed E-state index contributed by atoms with van der Waals surface area (Å²) in [7, 11) is 8.64. The number of hydrogen-bond donors (Lipinski definition) is 2. The molecule has 61 heavy (non-hydrogen) atoms. The molecule has 5 amide bonds. The van der Waals surface area contributed by atoms with E-state index in [-0.39, 0.29) is 53.3 Å². The molecule has 5 heterocycles. The number of pyridine rings is 1. The van der Waals surface area contributed by atoms with Gasteiger partial charge in [-0.05, 0) is 95.2 Å². The van der Waals surface area contributed by atoms with E-state index in [1.54, 1.807) is 44.5 Å². The molecule has 2 saturated heterocycles. The second kappa shape index (κ2) is 17.7. The van der Waals surface area contributed by atoms with Crippen molar-refractivity contribution in [2.24, 2.45) is 13.0 Å². The molecule has 0 bridgehead atoms. The Bertz CT molecular complexity index is 2440. The van der Waals surface area contributed by atoms with Gasteiger partial charge in [0.1, 0.15) is 29.2 Å². The minimum absolute atomic E-state index is 0.0130. The summed E-state index contributed by atoms with van der Waals surface area (Å²) in [5, 5.41) is 5.49. The Morgan fingerprint density at radius 1 is 0.967 bits per heavy atom. The Kier molecular flexibility index (Phi) is 12.6. The van der Waals surface area contributed by atoms with Gasteiger partial charge in [-0.3, -0.25) is 43.9 Å². The SMILES string of the molecule is COc1cc(-c2cn(C)c(=O)c3cc(NC(=O)C4CCN(CCCCCOc5cccc6c5C(=O)N(C5CCC(=O)NC5=O)C6=O)CC4(F)F)sc23)cc(OC)c1CN(C)C. The van der Waals surface area contributed by atoms with Crippen molar-refractivity contribution < 1.29 is 47.0 Å². The van der Waals surface area contributed by atoms with Gasteiger partial charge in [0.15, 0.2) is 0 Å². The number of rotatable bonds is 15. The van der Waals surface area contributed by atoms with Crippen LogP contribution in [-0.4, -0.2) is 115 Å². The summed E-state index contributed by atoms with van der Waals surface area (Å²) in [5.41, 5.74) is 2.15. The summed E-state index contributed by atoms with van der Waals surface area (Å²) in [5.74, 6) is -6.70. The topological polar surface area (TPSA) is 169 Å². The van der Waals surface area contributed by atoms with E-state index in [0.29, 0.717) is 66.0 Å². The van der Waals surface area contributed by atoms with Crippen LogP contribution in [0.3, 0.4) is 0 Å². The zero-order valence-electron chi connectivity index (χ0n) is 34.6. The van der Waals surface area contributed by atoms with E-state index >= 15 is 8.78 Å². The number of ether oxygens (including phenoxy) is 3. The normalized spacial score (nSPS) is 19.0. The monoisotopic (exact) mass is 862 g/mol. The number of imide groups is 2. The number of piperidine rings is 2. The highest BCUT2D eigenvalue weighted by molar-refractivity contribution is 7.23. The van der Waals surface area contributed by atoms with Crippen LogP contribution in [0, 0.1) is 5.92 Å². The highest BCUT2D eigenvalue weighted by atomic mass is 32.1. The molecule has 0 aliphatic carbocycles. The van der Waals surface area contributed by atoms with Gasteiger partial charge >= 0.3 is 0 Å². The Hall–Kier alpha value is -5.72. The van der Waals surface area contributed by atoms with Gasteiger partial charge in [0.25, 0.3) is 23.3 Å². The van der Waals surface area contributed by atoms with Crippen LogP contribution in [0.25, 0.3) is 21.2 Å². The second-order valence-corrected chi connectivity index (χ2v) is 16.9. The highest BCUT2D eigenvalue weighted by Gasteiger charge is 2.49. The van der Waals surface area contributed by atoms with Crippen LogP contribution in [-0.2, 0) is 28.0 Å². The van der Waals surface area contributed by atoms with Gasteiger partial charge in [0, 0.05) is 31.8 Å². The standard InChI is InChI=1S/C43H48F2N6O9S/c1-48(2)21-28-32(58-4)18-24(19-33(28)59-5)27-22-49(3)40(55)26-20-35(61-37(26)27)47-38(53)29-14-16-50(23-43(29,44)45)15-7-6-8-17-60-31-11-9-10-25-36(31)42(57)51(41(25)56)30-12-13-34(52)46-39(30)54/h9-11,18-20,22,29-30H,6-8,12-17,21,23H2,1-5H3,(H,47,53)(H,46,52,54). The molecule has 0 spiro atoms. The van der Waals surface area contributed by atoms with E-state index in [2.05, 4.69) is 10.6 Å². The van der Waals surface area contributed by atoms with Crippen LogP contribution < -0.4 is 30.4 Å². The number of fused-ring (bicyclic) bond motifs is 2. The van der Waals surface area contributed by atoms with E-state index in [9.17, 15) is 28.8 Å². The fourth-order valence-corrected chi connectivity index (χ4v) is 9.35. The zero-order valence-corrected chi connectivity index (χ0v) is 35.4. The molecule has 2 aromatic carbocycles. The highest BCUT2D eigenvalue weighted by Crippen LogP contribution is 2.42. The Labute approximate surface area is 354 Å². The number of amides is 5. The lowest BCUT2D eigenvalue weighted by Crippen LogP contribution is -2.54. The number of aromatic nitrogens is 1. The Morgan fingerprint density at radius 2 is 1.70 bits per heavy atom. The quantitative estimate of drug-likeness (QED) is 0.123. The number of anilines is 1. The lowest BCUT2D eigenvalue weighted by Gasteiger charge is -2.37. The first-order valence-electron chi connectivity index (χ1n) is 20.0. The van der Waals surface area contributed by atoms with Gasteiger partial charge in [-0.1, -0.05) is 6.07 Å². The molecule has 3 aliphatic rings. The third kappa shape index (κ3) is 8.74. The number of carbonyl (C=O) groups is 5. The van der Waals surface area contributed by atoms with E-state index in [4.69, 9.17) is 14.2 Å². The zero-order chi connectivity index (χ0) is 43.7. The molecule has 324 valence electrons. The number of aryl methyl sites for hydroxylation is 1. The molecule has 15 nitrogen and oxygen atoms in total. The third-order valence-electron chi connectivity index (χ3n) is 11.3. The number of thiophene rings is 1. The first-order valence-corrected chi connectivity index (χ1v) is 20.8. The Morgan fingerprint density at radius 3 is 2.38 bits per heavy atom. The molecule has 2 unspecified atom stereocenters. The van der Waals surface area contributed by atoms with Crippen LogP contribution in [0.15, 0.2) is 47.4 Å². The van der Waals surface area contributed by atoms with Crippen molar-refractivity contribution in [1.82, 2.24) is 24.6 Å².